The molecule has 0 radical (unpaired) electrons. The molecule has 12 heteroatoms. The number of imide groups is 1. The first kappa shape index (κ1) is 38.0. The van der Waals surface area contributed by atoms with Gasteiger partial charge in [-0.1, -0.05) is 30.3 Å². The largest absolute Gasteiger partial charge is 0.381 e. The second kappa shape index (κ2) is 19.4. The van der Waals surface area contributed by atoms with Crippen LogP contribution in [-0.4, -0.2) is 65.4 Å². The van der Waals surface area contributed by atoms with E-state index >= 15 is 0 Å². The summed E-state index contributed by atoms with van der Waals surface area (Å²) in [6.45, 7) is 5.29. The maximum absolute atomic E-state index is 13.0. The number of aryl methyl sites for hydroxylation is 3. The Morgan fingerprint density at radius 1 is 0.878 bits per heavy atom. The number of nitrogens with one attached hydrogen (secondary N) is 1. The summed E-state index contributed by atoms with van der Waals surface area (Å²) in [4.78, 5) is 47.8. The number of nitrogens with zero attached hydrogens (tertiary/aromatic N) is 2. The average Bonchev–Trinajstić information content (AvgIpc) is 3.33. The van der Waals surface area contributed by atoms with Crippen LogP contribution in [0.1, 0.15) is 87.4 Å². The van der Waals surface area contributed by atoms with Crippen molar-refractivity contribution in [3.05, 3.63) is 69.6 Å². The number of hydrogen-bond donors (Lipinski definition) is 3. The molecule has 0 aliphatic carbocycles. The molecule has 0 spiro atoms. The lowest BCUT2D eigenvalue weighted by atomic mass is 10.1. The second-order valence-corrected chi connectivity index (χ2v) is 13.0. The fourth-order valence-electron chi connectivity index (χ4n) is 6.04. The Labute approximate surface area is 288 Å². The summed E-state index contributed by atoms with van der Waals surface area (Å²) in [5.74, 6) is -1.07. The minimum absolute atomic E-state index is 0.154. The lowest BCUT2D eigenvalue weighted by Crippen LogP contribution is -2.44. The van der Waals surface area contributed by atoms with Crippen molar-refractivity contribution < 1.29 is 28.6 Å². The van der Waals surface area contributed by atoms with Crippen molar-refractivity contribution in [2.24, 2.45) is 18.5 Å². The summed E-state index contributed by atoms with van der Waals surface area (Å²) >= 11 is 0. The third-order valence-electron chi connectivity index (χ3n) is 9.12. The number of amides is 3. The van der Waals surface area contributed by atoms with E-state index in [-0.39, 0.29) is 42.5 Å². The highest BCUT2D eigenvalue weighted by Gasteiger charge is 2.31. The first-order chi connectivity index (χ1) is 23.6. The van der Waals surface area contributed by atoms with Crippen LogP contribution in [0.2, 0.25) is 0 Å². The van der Waals surface area contributed by atoms with Crippen LogP contribution in [0.3, 0.4) is 0 Å². The minimum atomic E-state index is -0.675. The highest BCUT2D eigenvalue weighted by molar-refractivity contribution is 6.00. The van der Waals surface area contributed by atoms with Gasteiger partial charge in [0, 0.05) is 52.4 Å². The summed E-state index contributed by atoms with van der Waals surface area (Å²) in [5.41, 5.74) is 16.0. The molecule has 1 saturated heterocycles. The van der Waals surface area contributed by atoms with Crippen molar-refractivity contribution in [1.82, 2.24) is 14.5 Å². The number of carbonyl (C=O) groups excluding carboxylic acids is 3. The van der Waals surface area contributed by atoms with E-state index in [1.165, 1.54) is 10.1 Å². The van der Waals surface area contributed by atoms with Gasteiger partial charge in [0.25, 0.3) is 0 Å². The molecular weight excluding hydrogens is 626 g/mol. The lowest BCUT2D eigenvalue weighted by molar-refractivity contribution is -0.135. The fraction of sp³-hybridized carbons (Fsp3) is 0.568. The third-order valence-corrected chi connectivity index (χ3v) is 9.12. The Balaban J connectivity index is 1.01. The van der Waals surface area contributed by atoms with E-state index in [0.717, 1.165) is 81.4 Å². The lowest BCUT2D eigenvalue weighted by Gasteiger charge is -2.21. The zero-order valence-corrected chi connectivity index (χ0v) is 29.0. The van der Waals surface area contributed by atoms with Gasteiger partial charge < -0.3 is 25.7 Å². The number of fused-ring (bicyclic) bond motifs is 1. The van der Waals surface area contributed by atoms with E-state index in [1.807, 2.05) is 25.1 Å². The van der Waals surface area contributed by atoms with Gasteiger partial charge in [0.1, 0.15) is 6.04 Å². The number of primary amides is 1. The van der Waals surface area contributed by atoms with Crippen LogP contribution in [0, 0.1) is 0 Å². The summed E-state index contributed by atoms with van der Waals surface area (Å²) in [6.07, 6.45) is 7.90. The van der Waals surface area contributed by atoms with Crippen molar-refractivity contribution in [2.75, 3.05) is 26.4 Å². The minimum Gasteiger partial charge on any atom is -0.381 e. The van der Waals surface area contributed by atoms with Gasteiger partial charge in [-0.2, -0.15) is 0 Å². The Morgan fingerprint density at radius 3 is 2.14 bits per heavy atom. The van der Waals surface area contributed by atoms with Gasteiger partial charge in [-0.25, -0.2) is 4.79 Å². The molecule has 0 bridgehead atoms. The predicted molar refractivity (Wildman–Crippen MR) is 188 cm³/mol. The van der Waals surface area contributed by atoms with E-state index in [0.29, 0.717) is 31.6 Å². The van der Waals surface area contributed by atoms with Crippen molar-refractivity contribution >= 4 is 28.8 Å². The van der Waals surface area contributed by atoms with E-state index < -0.39 is 11.9 Å². The number of aromatic nitrogens is 2. The first-order valence-corrected chi connectivity index (χ1v) is 17.6. The van der Waals surface area contributed by atoms with E-state index in [2.05, 4.69) is 29.6 Å². The summed E-state index contributed by atoms with van der Waals surface area (Å²) in [7, 11) is 1.71. The molecule has 2 heterocycles. The zero-order chi connectivity index (χ0) is 35.2. The van der Waals surface area contributed by atoms with Crippen LogP contribution < -0.4 is 22.5 Å². The second-order valence-electron chi connectivity index (χ2n) is 13.0. The van der Waals surface area contributed by atoms with Gasteiger partial charge in [-0.05, 0) is 93.5 Å². The van der Waals surface area contributed by atoms with E-state index in [4.69, 9.17) is 25.7 Å². The van der Waals surface area contributed by atoms with Crippen molar-refractivity contribution in [3.63, 3.8) is 0 Å². The van der Waals surface area contributed by atoms with E-state index in [1.54, 1.807) is 11.6 Å². The molecule has 0 saturated carbocycles. The van der Waals surface area contributed by atoms with Crippen LogP contribution in [0.25, 0.3) is 11.0 Å². The van der Waals surface area contributed by atoms with E-state index in [9.17, 15) is 19.2 Å². The van der Waals surface area contributed by atoms with Gasteiger partial charge in [0.05, 0.1) is 23.7 Å². The number of hydrogen-bond acceptors (Lipinski definition) is 8. The zero-order valence-electron chi connectivity index (χ0n) is 29.0. The van der Waals surface area contributed by atoms with Gasteiger partial charge in [0.15, 0.2) is 0 Å². The molecule has 268 valence electrons. The number of benzene rings is 2. The van der Waals surface area contributed by atoms with Crippen molar-refractivity contribution in [3.8, 4) is 0 Å². The Hall–Kier alpha value is -3.84. The third kappa shape index (κ3) is 11.6. The Bertz CT molecular complexity index is 1580. The number of ether oxygens (including phenoxy) is 3. The average molecular weight is 680 g/mol. The summed E-state index contributed by atoms with van der Waals surface area (Å²) in [5, 5.41) is 2.34. The topological polar surface area (TPSA) is 170 Å². The molecule has 3 amide bonds. The summed E-state index contributed by atoms with van der Waals surface area (Å²) in [6, 6.07) is 13.4. The summed E-state index contributed by atoms with van der Waals surface area (Å²) < 4.78 is 20.6. The number of imidazole rings is 1. The standard InChI is InChI=1S/C37H53N5O7/c1-26(30(38)15-18-34(39)43)49-25-29-12-10-27(11-13-29)8-6-22-47-20-4-3-5-21-48-23-7-9-28-14-16-31-33(24-28)41(2)37(46)42(31)32-17-19-35(44)40-36(32)45/h10-14,16,24,26,30,32H,3-9,15,17-23,25,38H2,1-2H3,(H2,39,43)(H,40,44,45)/t26-,30+,32?/m1/s1. The molecule has 1 aromatic heterocycles. The maximum Gasteiger partial charge on any atom is 0.329 e. The van der Waals surface area contributed by atoms with Crippen molar-refractivity contribution in [1.29, 1.82) is 0 Å². The number of piperidine rings is 1. The van der Waals surface area contributed by atoms with Gasteiger partial charge >= 0.3 is 5.69 Å². The normalized spacial score (nSPS) is 16.2. The maximum atomic E-state index is 13.0. The molecular formula is C37H53N5O7. The van der Waals surface area contributed by atoms with Gasteiger partial charge in [-0.15, -0.1) is 0 Å². The molecule has 1 fully saturated rings. The van der Waals surface area contributed by atoms with Gasteiger partial charge in [-0.3, -0.25) is 28.8 Å². The molecule has 1 aliphatic rings. The SMILES string of the molecule is C[C@@H](OCc1ccc(CCCOCCCCCOCCCc2ccc3c(c2)n(C)c(=O)n3C2CCC(=O)NC2=O)cc1)[C@@H](N)CCC(N)=O. The molecule has 49 heavy (non-hydrogen) atoms. The molecule has 12 nitrogen and oxygen atoms in total. The van der Waals surface area contributed by atoms with Crippen LogP contribution in [-0.2, 0) is 55.1 Å². The Kier molecular flexibility index (Phi) is 15.0. The molecule has 2 aromatic carbocycles. The monoisotopic (exact) mass is 679 g/mol. The van der Waals surface area contributed by atoms with Crippen molar-refractivity contribution in [2.45, 2.75) is 102 Å². The molecule has 1 unspecified atom stereocenters. The quantitative estimate of drug-likeness (QED) is 0.107. The molecule has 5 N–H and O–H groups in total. The van der Waals surface area contributed by atoms with Crippen LogP contribution in [0.15, 0.2) is 47.3 Å². The number of nitrogens with two attached hydrogens (primary N) is 2. The highest BCUT2D eigenvalue weighted by atomic mass is 16.5. The number of rotatable bonds is 22. The Morgan fingerprint density at radius 2 is 1.49 bits per heavy atom. The van der Waals surface area contributed by atoms with Gasteiger partial charge in [0.2, 0.25) is 17.7 Å². The fourth-order valence-corrected chi connectivity index (χ4v) is 6.04. The molecule has 3 aromatic rings. The number of carbonyl (C=O) groups is 3. The predicted octanol–water partition coefficient (Wildman–Crippen LogP) is 3.58. The van der Waals surface area contributed by atoms with Crippen LogP contribution >= 0.6 is 0 Å². The molecule has 1 aliphatic heterocycles. The highest BCUT2D eigenvalue weighted by Crippen LogP contribution is 2.24. The smallest absolute Gasteiger partial charge is 0.329 e. The van der Waals surface area contributed by atoms with Crippen LogP contribution in [0.4, 0.5) is 0 Å². The number of unbranched alkanes of at least 4 members (excludes halogenated alkanes) is 2. The van der Waals surface area contributed by atoms with Crippen LogP contribution in [0.5, 0.6) is 0 Å². The first-order valence-electron chi connectivity index (χ1n) is 17.6. The molecule has 3 atom stereocenters. The molecule has 4 rings (SSSR count).